The van der Waals surface area contributed by atoms with Crippen molar-refractivity contribution in [3.8, 4) is 22.0 Å². The molecule has 8 amide bonds. The van der Waals surface area contributed by atoms with Crippen LogP contribution in [0.1, 0.15) is 98.8 Å². The minimum atomic E-state index is -1.97. The highest BCUT2D eigenvalue weighted by Crippen LogP contribution is 2.33. The molecule has 0 aliphatic carbocycles. The van der Waals surface area contributed by atoms with Crippen LogP contribution < -0.4 is 43.0 Å². The number of aromatic nitrogens is 5. The Morgan fingerprint density at radius 2 is 1.31 bits per heavy atom. The summed E-state index contributed by atoms with van der Waals surface area (Å²) in [6.07, 6.45) is 0.981. The molecule has 0 radical (unpaired) electrons. The number of fused-ring (bicyclic) bond motifs is 11. The number of oxazole rings is 3. The van der Waals surface area contributed by atoms with Crippen LogP contribution >= 0.6 is 11.3 Å². The molecule has 8 bridgehead atoms. The van der Waals surface area contributed by atoms with Gasteiger partial charge >= 0.3 is 0 Å². The van der Waals surface area contributed by atoms with Crippen LogP contribution in [-0.4, -0.2) is 106 Å². The van der Waals surface area contributed by atoms with E-state index < -0.39 is 82.4 Å². The van der Waals surface area contributed by atoms with Crippen LogP contribution in [-0.2, 0) is 19.2 Å². The Bertz CT molecular complexity index is 3180. The highest BCUT2D eigenvalue weighted by atomic mass is 32.1. The molecule has 3 atom stereocenters. The molecule has 0 saturated heterocycles. The average molecular weight is 1010 g/mol. The standard InChI is InChI=1S/C45H45N13O13S/c1-11-24-43-57-30(22(8)71-43)39(66)48-17(3)35(62)58-32(45(9,10)68)40(67)50-19(5)42-56-29(21(7)70-42)38(65)47-16(2)34(61)49-18(4)41-53-26(14-69-41)31-23(12-13-25(51-31)33(46)60)44-54-27(15-72-44)36(63)55-28(20(6)59)37(64)52-24/h11-15,20,28,32,59,68H,2-5H2,1,6-10H3,(H2,46,60)(H,47,65)(H,48,66)(H,49,61)(H,50,67)(H,52,64)(H,55,63)(H,58,62)/b24-11+. The maximum atomic E-state index is 13.6. The van der Waals surface area contributed by atoms with Gasteiger partial charge in [0.1, 0.15) is 57.7 Å². The molecule has 6 rings (SSSR count). The monoisotopic (exact) mass is 1010 g/mol. The fourth-order valence-electron chi connectivity index (χ4n) is 6.35. The molecule has 0 spiro atoms. The predicted molar refractivity (Wildman–Crippen MR) is 252 cm³/mol. The lowest BCUT2D eigenvalue weighted by Gasteiger charge is -2.29. The summed E-state index contributed by atoms with van der Waals surface area (Å²) in [7, 11) is 0. The van der Waals surface area contributed by atoms with Crippen molar-refractivity contribution in [3.05, 3.63) is 120 Å². The van der Waals surface area contributed by atoms with Crippen LogP contribution in [0.25, 0.3) is 39.1 Å². The Balaban J connectivity index is 1.34. The summed E-state index contributed by atoms with van der Waals surface area (Å²) >= 11 is 0.959. The number of nitrogens with two attached hydrogens (primary N) is 1. The van der Waals surface area contributed by atoms with Crippen molar-refractivity contribution in [2.24, 2.45) is 5.73 Å². The molecule has 5 aromatic heterocycles. The van der Waals surface area contributed by atoms with Crippen LogP contribution in [0, 0.1) is 13.8 Å². The highest BCUT2D eigenvalue weighted by molar-refractivity contribution is 7.13. The maximum Gasteiger partial charge on any atom is 0.278 e. The van der Waals surface area contributed by atoms with Crippen molar-refractivity contribution in [1.82, 2.24) is 62.1 Å². The van der Waals surface area contributed by atoms with E-state index in [4.69, 9.17) is 19.0 Å². The van der Waals surface area contributed by atoms with Gasteiger partial charge in [0, 0.05) is 10.9 Å². The highest BCUT2D eigenvalue weighted by Gasteiger charge is 2.37. The number of nitrogens with zero attached hydrogens (tertiary/aromatic N) is 5. The van der Waals surface area contributed by atoms with Gasteiger partial charge in [0.15, 0.2) is 11.4 Å². The number of thiazole rings is 1. The van der Waals surface area contributed by atoms with Crippen LogP contribution in [0.15, 0.2) is 80.8 Å². The number of aliphatic hydroxyl groups excluding tert-OH is 1. The van der Waals surface area contributed by atoms with E-state index in [2.05, 4.69) is 88.5 Å². The van der Waals surface area contributed by atoms with E-state index in [0.29, 0.717) is 0 Å². The van der Waals surface area contributed by atoms with Crippen LogP contribution in [0.4, 0.5) is 0 Å². The number of allylic oxidation sites excluding steroid dienone is 1. The van der Waals surface area contributed by atoms with Gasteiger partial charge in [-0.25, -0.2) is 24.9 Å². The summed E-state index contributed by atoms with van der Waals surface area (Å²) < 4.78 is 16.8. The minimum absolute atomic E-state index is 0.00889. The molecule has 3 unspecified atom stereocenters. The van der Waals surface area contributed by atoms with Gasteiger partial charge in [-0.1, -0.05) is 32.4 Å². The van der Waals surface area contributed by atoms with Gasteiger partial charge in [-0.05, 0) is 53.7 Å². The third-order valence-electron chi connectivity index (χ3n) is 10.1. The minimum Gasteiger partial charge on any atom is -0.443 e. The molecule has 0 saturated carbocycles. The Morgan fingerprint density at radius 1 is 0.722 bits per heavy atom. The zero-order valence-corrected chi connectivity index (χ0v) is 39.9. The number of pyridine rings is 1. The van der Waals surface area contributed by atoms with E-state index in [-0.39, 0.29) is 91.0 Å². The van der Waals surface area contributed by atoms with E-state index >= 15 is 0 Å². The predicted octanol–water partition coefficient (Wildman–Crippen LogP) is 0.839. The first kappa shape index (κ1) is 52.2. The molecule has 27 heteroatoms. The number of hydrogen-bond donors (Lipinski definition) is 10. The second kappa shape index (κ2) is 20.8. The fraction of sp³-hybridized carbons (Fsp3) is 0.222. The van der Waals surface area contributed by atoms with E-state index in [0.717, 1.165) is 17.6 Å². The largest absolute Gasteiger partial charge is 0.443 e. The molecule has 6 heterocycles. The first-order chi connectivity index (χ1) is 33.8. The second-order valence-corrected chi connectivity index (χ2v) is 16.9. The number of rotatable bonds is 3. The summed E-state index contributed by atoms with van der Waals surface area (Å²) in [5, 5.41) is 39.5. The molecular weight excluding hydrogens is 963 g/mol. The van der Waals surface area contributed by atoms with Gasteiger partial charge < -0.3 is 66.4 Å². The Morgan fingerprint density at radius 3 is 1.90 bits per heavy atom. The molecule has 1 aliphatic heterocycles. The van der Waals surface area contributed by atoms with E-state index in [9.17, 15) is 48.6 Å². The molecule has 374 valence electrons. The van der Waals surface area contributed by atoms with Crippen molar-refractivity contribution >= 4 is 75.7 Å². The number of aliphatic hydroxyl groups is 2. The number of primary amides is 1. The number of hydrogen-bond acceptors (Lipinski definition) is 19. The van der Waals surface area contributed by atoms with E-state index in [1.165, 1.54) is 65.1 Å². The Hall–Kier alpha value is -9.21. The van der Waals surface area contributed by atoms with Gasteiger partial charge in [0.05, 0.1) is 40.2 Å². The topological polar surface area (TPSA) is 391 Å². The van der Waals surface area contributed by atoms with Crippen LogP contribution in [0.3, 0.4) is 0 Å². The van der Waals surface area contributed by atoms with Crippen molar-refractivity contribution < 1.29 is 61.8 Å². The van der Waals surface area contributed by atoms with Gasteiger partial charge in [0.2, 0.25) is 29.5 Å². The van der Waals surface area contributed by atoms with Gasteiger partial charge in [0.25, 0.3) is 35.4 Å². The number of carbonyl (C=O) groups is 8. The van der Waals surface area contributed by atoms with E-state index in [1.807, 2.05) is 0 Å². The molecular formula is C45H45N13O13S. The zero-order chi connectivity index (χ0) is 53.1. The summed E-state index contributed by atoms with van der Waals surface area (Å²) in [5.41, 5.74) is 0.852. The van der Waals surface area contributed by atoms with Gasteiger partial charge in [-0.3, -0.25) is 38.4 Å². The first-order valence-electron chi connectivity index (χ1n) is 21.0. The number of nitrogens with one attached hydrogen (secondary N) is 7. The molecule has 72 heavy (non-hydrogen) atoms. The lowest BCUT2D eigenvalue weighted by Crippen LogP contribution is -2.58. The Kier molecular flexibility index (Phi) is 15.1. The van der Waals surface area contributed by atoms with Crippen molar-refractivity contribution in [2.45, 2.75) is 65.3 Å². The van der Waals surface area contributed by atoms with Crippen molar-refractivity contribution in [2.75, 3.05) is 0 Å². The quantitative estimate of drug-likeness (QED) is 0.112. The number of carbonyl (C=O) groups excluding carboxylic acids is 8. The third kappa shape index (κ3) is 11.4. The first-order valence-corrected chi connectivity index (χ1v) is 21.8. The molecule has 5 aromatic rings. The third-order valence-corrected chi connectivity index (χ3v) is 11.0. The molecule has 26 nitrogen and oxygen atoms in total. The summed E-state index contributed by atoms with van der Waals surface area (Å²) in [4.78, 5) is 128. The SMILES string of the molecule is C=C1NC(=O)c2nc(oc2C)C(=C)NC(=O)C(C(C)(C)O)NC(=O)C(=C)NC(=O)c2nc(oc2C)/C(=C\C)NC(=O)C(C(C)O)NC(=O)c2csc(n2)-c2ccc(C(N)=O)nc2-c2coc(n2)C(=C)NC1=O. The van der Waals surface area contributed by atoms with E-state index in [1.54, 1.807) is 0 Å². The zero-order valence-electron chi connectivity index (χ0n) is 39.1. The van der Waals surface area contributed by atoms with Crippen LogP contribution in [0.2, 0.25) is 0 Å². The fourth-order valence-corrected chi connectivity index (χ4v) is 7.18. The second-order valence-electron chi connectivity index (χ2n) is 16.1. The smallest absolute Gasteiger partial charge is 0.278 e. The number of aryl methyl sites for hydroxylation is 2. The Labute approximate surface area is 411 Å². The molecule has 1 aliphatic rings. The average Bonchev–Trinajstić information content (AvgIpc) is 4.15. The summed E-state index contributed by atoms with van der Waals surface area (Å²) in [6.45, 7) is 22.4. The summed E-state index contributed by atoms with van der Waals surface area (Å²) in [5.74, 6) is -9.04. The molecule has 11 N–H and O–H groups in total. The van der Waals surface area contributed by atoms with Crippen molar-refractivity contribution in [3.63, 3.8) is 0 Å². The van der Waals surface area contributed by atoms with Crippen molar-refractivity contribution in [1.29, 1.82) is 0 Å². The van der Waals surface area contributed by atoms with Crippen LogP contribution in [0.5, 0.6) is 0 Å². The molecule has 0 aromatic carbocycles. The van der Waals surface area contributed by atoms with Gasteiger partial charge in [-0.15, -0.1) is 11.3 Å². The normalized spacial score (nSPS) is 18.3. The number of amides is 8. The lowest BCUT2D eigenvalue weighted by atomic mass is 9.97. The summed E-state index contributed by atoms with van der Waals surface area (Å²) in [6, 6.07) is -0.623. The van der Waals surface area contributed by atoms with Gasteiger partial charge in [-0.2, -0.15) is 0 Å². The lowest BCUT2D eigenvalue weighted by molar-refractivity contribution is -0.132. The maximum absolute atomic E-state index is 13.6. The molecule has 0 fully saturated rings.